The third-order valence-electron chi connectivity index (χ3n) is 3.08. The van der Waals surface area contributed by atoms with Crippen LogP contribution in [0, 0.1) is 6.92 Å². The molecule has 21 heavy (non-hydrogen) atoms. The Morgan fingerprint density at radius 2 is 2.10 bits per heavy atom. The fraction of sp³-hybridized carbons (Fsp3) is 0.333. The number of hydrogen-bond donors (Lipinski definition) is 3. The van der Waals surface area contributed by atoms with E-state index in [-0.39, 0.29) is 12.1 Å². The van der Waals surface area contributed by atoms with Crippen LogP contribution < -0.4 is 16.4 Å². The van der Waals surface area contributed by atoms with E-state index in [1.54, 1.807) is 10.9 Å². The second-order valence-corrected chi connectivity index (χ2v) is 5.07. The first-order chi connectivity index (χ1) is 10.0. The summed E-state index contributed by atoms with van der Waals surface area (Å²) >= 11 is 0. The molecule has 1 unspecified atom stereocenters. The van der Waals surface area contributed by atoms with Crippen LogP contribution in [0.15, 0.2) is 36.7 Å². The van der Waals surface area contributed by atoms with Gasteiger partial charge in [0.25, 0.3) is 0 Å². The van der Waals surface area contributed by atoms with Gasteiger partial charge >= 0.3 is 6.03 Å². The summed E-state index contributed by atoms with van der Waals surface area (Å²) in [5.74, 6) is 0. The van der Waals surface area contributed by atoms with Gasteiger partial charge in [-0.2, -0.15) is 5.10 Å². The van der Waals surface area contributed by atoms with E-state index in [4.69, 9.17) is 5.73 Å². The van der Waals surface area contributed by atoms with E-state index in [9.17, 15) is 4.79 Å². The molecule has 1 aromatic heterocycles. The molecule has 6 heteroatoms. The number of anilines is 1. The van der Waals surface area contributed by atoms with Crippen LogP contribution in [0.25, 0.3) is 0 Å². The lowest BCUT2D eigenvalue weighted by molar-refractivity contribution is 0.251. The van der Waals surface area contributed by atoms with Crippen molar-refractivity contribution in [2.24, 2.45) is 5.73 Å². The zero-order valence-corrected chi connectivity index (χ0v) is 12.3. The predicted octanol–water partition coefficient (Wildman–Crippen LogP) is 2.03. The van der Waals surface area contributed by atoms with Gasteiger partial charge in [0.05, 0.1) is 12.7 Å². The SMILES string of the molecule is Cc1cnn(CCNC(=O)Nc2ccc(C(C)N)cc2)c1. The molecule has 0 aliphatic carbocycles. The summed E-state index contributed by atoms with van der Waals surface area (Å²) in [4.78, 5) is 11.8. The van der Waals surface area contributed by atoms with Gasteiger partial charge in [0, 0.05) is 24.5 Å². The van der Waals surface area contributed by atoms with Crippen molar-refractivity contribution in [3.8, 4) is 0 Å². The average molecular weight is 287 g/mol. The second-order valence-electron chi connectivity index (χ2n) is 5.07. The number of hydrogen-bond acceptors (Lipinski definition) is 3. The van der Waals surface area contributed by atoms with Gasteiger partial charge in [-0.1, -0.05) is 12.1 Å². The monoisotopic (exact) mass is 287 g/mol. The molecule has 0 saturated carbocycles. The number of rotatable bonds is 5. The van der Waals surface area contributed by atoms with Crippen molar-refractivity contribution >= 4 is 11.7 Å². The topological polar surface area (TPSA) is 85.0 Å². The molecule has 1 aromatic carbocycles. The van der Waals surface area contributed by atoms with Crippen LogP contribution in [0.1, 0.15) is 24.1 Å². The Labute approximate surface area is 124 Å². The molecule has 4 N–H and O–H groups in total. The maximum atomic E-state index is 11.8. The Morgan fingerprint density at radius 1 is 1.38 bits per heavy atom. The lowest BCUT2D eigenvalue weighted by atomic mass is 10.1. The van der Waals surface area contributed by atoms with Gasteiger partial charge in [-0.25, -0.2) is 4.79 Å². The van der Waals surface area contributed by atoms with Crippen LogP contribution in [0.2, 0.25) is 0 Å². The summed E-state index contributed by atoms with van der Waals surface area (Å²) in [7, 11) is 0. The number of nitrogens with zero attached hydrogens (tertiary/aromatic N) is 2. The minimum absolute atomic E-state index is 0.00889. The van der Waals surface area contributed by atoms with E-state index in [1.165, 1.54) is 0 Å². The third kappa shape index (κ3) is 4.61. The van der Waals surface area contributed by atoms with Crippen LogP contribution in [0.5, 0.6) is 0 Å². The van der Waals surface area contributed by atoms with E-state index >= 15 is 0 Å². The van der Waals surface area contributed by atoms with Gasteiger partial charge in [0.15, 0.2) is 0 Å². The number of nitrogens with two attached hydrogens (primary N) is 1. The number of amides is 2. The van der Waals surface area contributed by atoms with Crippen LogP contribution in [-0.2, 0) is 6.54 Å². The van der Waals surface area contributed by atoms with Crippen LogP contribution in [0.4, 0.5) is 10.5 Å². The highest BCUT2D eigenvalue weighted by Gasteiger charge is 2.03. The molecule has 0 spiro atoms. The Morgan fingerprint density at radius 3 is 2.67 bits per heavy atom. The second kappa shape index (κ2) is 6.90. The highest BCUT2D eigenvalue weighted by atomic mass is 16.2. The number of urea groups is 1. The molecule has 0 bridgehead atoms. The van der Waals surface area contributed by atoms with Gasteiger partial charge in [-0.3, -0.25) is 4.68 Å². The summed E-state index contributed by atoms with van der Waals surface area (Å²) in [5.41, 5.74) is 8.66. The fourth-order valence-electron chi connectivity index (χ4n) is 1.92. The van der Waals surface area contributed by atoms with Crippen molar-refractivity contribution in [2.75, 3.05) is 11.9 Å². The third-order valence-corrected chi connectivity index (χ3v) is 3.08. The summed E-state index contributed by atoms with van der Waals surface area (Å²) in [6, 6.07) is 7.27. The number of carbonyl (C=O) groups is 1. The number of aryl methyl sites for hydroxylation is 1. The number of nitrogens with one attached hydrogen (secondary N) is 2. The quantitative estimate of drug-likeness (QED) is 0.786. The Bertz CT molecular complexity index is 588. The predicted molar refractivity (Wildman–Crippen MR) is 83.0 cm³/mol. The molecule has 0 saturated heterocycles. The number of benzene rings is 1. The summed E-state index contributed by atoms with van der Waals surface area (Å²) in [5, 5.41) is 9.73. The van der Waals surface area contributed by atoms with Gasteiger partial charge in [-0.15, -0.1) is 0 Å². The molecule has 1 heterocycles. The zero-order valence-electron chi connectivity index (χ0n) is 12.3. The lowest BCUT2D eigenvalue weighted by Crippen LogP contribution is -2.31. The van der Waals surface area contributed by atoms with Crippen molar-refractivity contribution in [3.05, 3.63) is 47.8 Å². The summed E-state index contributed by atoms with van der Waals surface area (Å²) in [6.45, 7) is 5.07. The normalized spacial score (nSPS) is 12.0. The number of aromatic nitrogens is 2. The molecule has 0 radical (unpaired) electrons. The van der Waals surface area contributed by atoms with Crippen LogP contribution >= 0.6 is 0 Å². The first-order valence-corrected chi connectivity index (χ1v) is 6.94. The summed E-state index contributed by atoms with van der Waals surface area (Å²) in [6.07, 6.45) is 3.73. The fourth-order valence-corrected chi connectivity index (χ4v) is 1.92. The lowest BCUT2D eigenvalue weighted by Gasteiger charge is -2.09. The highest BCUT2D eigenvalue weighted by Crippen LogP contribution is 2.13. The standard InChI is InChI=1S/C15H21N5O/c1-11-9-18-20(10-11)8-7-17-15(21)19-14-5-3-13(4-6-14)12(2)16/h3-6,9-10,12H,7-8,16H2,1-2H3,(H2,17,19,21). The molecule has 1 atom stereocenters. The van der Waals surface area contributed by atoms with E-state index in [1.807, 2.05) is 44.3 Å². The highest BCUT2D eigenvalue weighted by molar-refractivity contribution is 5.89. The van der Waals surface area contributed by atoms with Gasteiger partial charge in [-0.05, 0) is 37.1 Å². The smallest absolute Gasteiger partial charge is 0.319 e. The van der Waals surface area contributed by atoms with Gasteiger partial charge in [0.2, 0.25) is 0 Å². The Balaban J connectivity index is 1.76. The van der Waals surface area contributed by atoms with Gasteiger partial charge < -0.3 is 16.4 Å². The van der Waals surface area contributed by atoms with Gasteiger partial charge in [0.1, 0.15) is 0 Å². The molecule has 2 amide bonds. The minimum Gasteiger partial charge on any atom is -0.336 e. The first-order valence-electron chi connectivity index (χ1n) is 6.94. The van der Waals surface area contributed by atoms with Crippen LogP contribution in [-0.4, -0.2) is 22.4 Å². The molecule has 112 valence electrons. The van der Waals surface area contributed by atoms with E-state index in [2.05, 4.69) is 15.7 Å². The molecule has 0 fully saturated rings. The molecule has 2 rings (SSSR count). The molecule has 0 aliphatic rings. The van der Waals surface area contributed by atoms with E-state index < -0.39 is 0 Å². The Kier molecular flexibility index (Phi) is 4.94. The molecular formula is C15H21N5O. The van der Waals surface area contributed by atoms with Crippen molar-refractivity contribution in [1.82, 2.24) is 15.1 Å². The molecule has 0 aliphatic heterocycles. The van der Waals surface area contributed by atoms with Crippen LogP contribution in [0.3, 0.4) is 0 Å². The molecule has 2 aromatic rings. The summed E-state index contributed by atoms with van der Waals surface area (Å²) < 4.78 is 1.80. The van der Waals surface area contributed by atoms with Crippen molar-refractivity contribution < 1.29 is 4.79 Å². The molecule has 6 nitrogen and oxygen atoms in total. The maximum Gasteiger partial charge on any atom is 0.319 e. The van der Waals surface area contributed by atoms with E-state index in [0.29, 0.717) is 13.1 Å². The van der Waals surface area contributed by atoms with Crippen molar-refractivity contribution in [2.45, 2.75) is 26.4 Å². The maximum absolute atomic E-state index is 11.8. The molecular weight excluding hydrogens is 266 g/mol. The minimum atomic E-state index is -0.229. The van der Waals surface area contributed by atoms with Crippen molar-refractivity contribution in [3.63, 3.8) is 0 Å². The zero-order chi connectivity index (χ0) is 15.2. The van der Waals surface area contributed by atoms with Crippen molar-refractivity contribution in [1.29, 1.82) is 0 Å². The Hall–Kier alpha value is -2.34. The number of carbonyl (C=O) groups excluding carboxylic acids is 1. The van der Waals surface area contributed by atoms with E-state index in [0.717, 1.165) is 16.8 Å². The average Bonchev–Trinajstić information content (AvgIpc) is 2.85. The largest absolute Gasteiger partial charge is 0.336 e. The first kappa shape index (κ1) is 15.1.